The smallest absolute Gasteiger partial charge is 0.479 e. The summed E-state index contributed by atoms with van der Waals surface area (Å²) in [6, 6.07) is 12.7. The molecule has 0 aliphatic heterocycles. The summed E-state index contributed by atoms with van der Waals surface area (Å²) in [5.74, 6) is -0.815. The molecule has 1 aliphatic rings. The number of benzene rings is 2. The predicted molar refractivity (Wildman–Crippen MR) is 112 cm³/mol. The van der Waals surface area contributed by atoms with Crippen LogP contribution in [0.2, 0.25) is 5.02 Å². The fraction of sp³-hybridized carbons (Fsp3) is 0.304. The fourth-order valence-electron chi connectivity index (χ4n) is 4.15. The maximum atomic E-state index is 12.7. The van der Waals surface area contributed by atoms with E-state index in [9.17, 15) is 27.9 Å². The van der Waals surface area contributed by atoms with E-state index in [1.54, 1.807) is 0 Å². The quantitative estimate of drug-likeness (QED) is 0.601. The van der Waals surface area contributed by atoms with Gasteiger partial charge in [-0.1, -0.05) is 41.9 Å². The first kappa shape index (κ1) is 23.5. The van der Waals surface area contributed by atoms with E-state index in [2.05, 4.69) is 4.74 Å². The molecule has 9 heteroatoms. The first-order valence-electron chi connectivity index (χ1n) is 9.72. The van der Waals surface area contributed by atoms with Crippen molar-refractivity contribution in [2.45, 2.75) is 43.5 Å². The topological polar surface area (TPSA) is 66.8 Å². The standard InChI is InChI=1S/C23H19ClF3NO4/c1-2-20(29)28(17-8-9-19(18(24)14-17)32-23(25,26)27)22(21(30)31)12-10-16(11-13-22)15-6-4-3-5-7-15/h1,3-9,14,16H,10-13H2,(H,30,31). The molecule has 0 spiro atoms. The van der Waals surface area contributed by atoms with Gasteiger partial charge in [-0.3, -0.25) is 9.69 Å². The molecule has 0 aromatic heterocycles. The number of carboxylic acid groups (broad SMARTS) is 1. The van der Waals surface area contributed by atoms with Gasteiger partial charge in [0.25, 0.3) is 0 Å². The Morgan fingerprint density at radius 3 is 2.28 bits per heavy atom. The zero-order valence-electron chi connectivity index (χ0n) is 16.7. The van der Waals surface area contributed by atoms with Crippen molar-refractivity contribution in [3.05, 3.63) is 59.1 Å². The number of terminal acetylenes is 1. The highest BCUT2D eigenvalue weighted by Crippen LogP contribution is 2.44. The lowest BCUT2D eigenvalue weighted by molar-refractivity contribution is -0.274. The molecule has 0 saturated heterocycles. The predicted octanol–water partition coefficient (Wildman–Crippen LogP) is 5.39. The van der Waals surface area contributed by atoms with Crippen LogP contribution in [-0.2, 0) is 9.59 Å². The number of aliphatic carboxylic acids is 1. The van der Waals surface area contributed by atoms with Gasteiger partial charge in [0.1, 0.15) is 11.3 Å². The minimum absolute atomic E-state index is 0.0203. The maximum absolute atomic E-state index is 12.7. The molecule has 0 heterocycles. The number of alkyl halides is 3. The van der Waals surface area contributed by atoms with Gasteiger partial charge < -0.3 is 9.84 Å². The van der Waals surface area contributed by atoms with E-state index >= 15 is 0 Å². The Bertz CT molecular complexity index is 1040. The van der Waals surface area contributed by atoms with Crippen molar-refractivity contribution in [1.82, 2.24) is 0 Å². The normalized spacial score (nSPS) is 20.8. The van der Waals surface area contributed by atoms with Gasteiger partial charge in [0.2, 0.25) is 0 Å². The molecule has 1 N–H and O–H groups in total. The number of carbonyl (C=O) groups is 2. The summed E-state index contributed by atoms with van der Waals surface area (Å²) in [4.78, 5) is 26.0. The Morgan fingerprint density at radius 2 is 1.78 bits per heavy atom. The summed E-state index contributed by atoms with van der Waals surface area (Å²) in [7, 11) is 0. The second-order valence-electron chi connectivity index (χ2n) is 7.47. The molecule has 3 rings (SSSR count). The number of carbonyl (C=O) groups excluding carboxylic acids is 1. The summed E-state index contributed by atoms with van der Waals surface area (Å²) in [6.07, 6.45) is 1.51. The van der Waals surface area contributed by atoms with Gasteiger partial charge in [-0.05, 0) is 61.3 Å². The van der Waals surface area contributed by atoms with Crippen LogP contribution in [0.3, 0.4) is 0 Å². The minimum Gasteiger partial charge on any atom is -0.479 e. The zero-order valence-corrected chi connectivity index (χ0v) is 17.5. The molecular weight excluding hydrogens is 447 g/mol. The van der Waals surface area contributed by atoms with Crippen LogP contribution in [-0.4, -0.2) is 28.9 Å². The van der Waals surface area contributed by atoms with Crippen molar-refractivity contribution in [2.24, 2.45) is 0 Å². The summed E-state index contributed by atoms with van der Waals surface area (Å²) in [5, 5.41) is 9.69. The molecule has 2 aromatic carbocycles. The molecule has 1 aliphatic carbocycles. The molecule has 1 saturated carbocycles. The van der Waals surface area contributed by atoms with Gasteiger partial charge >= 0.3 is 18.2 Å². The fourth-order valence-corrected chi connectivity index (χ4v) is 4.36. The van der Waals surface area contributed by atoms with E-state index in [1.165, 1.54) is 0 Å². The number of hydrogen-bond acceptors (Lipinski definition) is 3. The summed E-state index contributed by atoms with van der Waals surface area (Å²) in [5.41, 5.74) is -0.615. The molecule has 1 amide bonds. The molecular formula is C23H19ClF3NO4. The van der Waals surface area contributed by atoms with Crippen LogP contribution in [0.25, 0.3) is 0 Å². The average molecular weight is 466 g/mol. The number of rotatable bonds is 5. The van der Waals surface area contributed by atoms with Crippen LogP contribution in [0.4, 0.5) is 18.9 Å². The van der Waals surface area contributed by atoms with Crippen LogP contribution in [0.15, 0.2) is 48.5 Å². The van der Waals surface area contributed by atoms with Crippen molar-refractivity contribution in [3.8, 4) is 18.1 Å². The largest absolute Gasteiger partial charge is 0.573 e. The highest BCUT2D eigenvalue weighted by molar-refractivity contribution is 6.32. The van der Waals surface area contributed by atoms with E-state index < -0.39 is 34.5 Å². The Labute approximate surface area is 187 Å². The number of nitrogens with zero attached hydrogens (tertiary/aromatic N) is 1. The van der Waals surface area contributed by atoms with E-state index in [0.717, 1.165) is 28.7 Å². The SMILES string of the molecule is C#CC(=O)N(c1ccc(OC(F)(F)F)c(Cl)c1)C1(C(=O)O)CCC(c2ccccc2)CC1. The van der Waals surface area contributed by atoms with E-state index in [-0.39, 0.29) is 24.4 Å². The van der Waals surface area contributed by atoms with Crippen molar-refractivity contribution < 1.29 is 32.6 Å². The lowest BCUT2D eigenvalue weighted by atomic mass is 9.73. The van der Waals surface area contributed by atoms with Crippen molar-refractivity contribution in [2.75, 3.05) is 4.90 Å². The molecule has 0 bridgehead atoms. The van der Waals surface area contributed by atoms with Crippen LogP contribution in [0, 0.1) is 12.3 Å². The molecule has 0 radical (unpaired) electrons. The van der Waals surface area contributed by atoms with Crippen molar-refractivity contribution >= 4 is 29.2 Å². The van der Waals surface area contributed by atoms with Crippen molar-refractivity contribution in [1.29, 1.82) is 0 Å². The molecule has 32 heavy (non-hydrogen) atoms. The highest BCUT2D eigenvalue weighted by Gasteiger charge is 2.49. The number of anilines is 1. The first-order chi connectivity index (χ1) is 15.1. The Morgan fingerprint density at radius 1 is 1.16 bits per heavy atom. The van der Waals surface area contributed by atoms with Crippen molar-refractivity contribution in [3.63, 3.8) is 0 Å². The van der Waals surface area contributed by atoms with Crippen LogP contribution < -0.4 is 9.64 Å². The van der Waals surface area contributed by atoms with Gasteiger partial charge in [-0.25, -0.2) is 4.79 Å². The van der Waals surface area contributed by atoms with Gasteiger partial charge in [0.05, 0.1) is 5.02 Å². The average Bonchev–Trinajstić information content (AvgIpc) is 2.75. The monoisotopic (exact) mass is 465 g/mol. The Kier molecular flexibility index (Phi) is 6.70. The highest BCUT2D eigenvalue weighted by atomic mass is 35.5. The molecule has 2 aromatic rings. The van der Waals surface area contributed by atoms with E-state index in [0.29, 0.717) is 12.8 Å². The first-order valence-corrected chi connectivity index (χ1v) is 10.1. The second kappa shape index (κ2) is 9.13. The minimum atomic E-state index is -4.96. The molecule has 5 nitrogen and oxygen atoms in total. The third kappa shape index (κ3) is 4.83. The van der Waals surface area contributed by atoms with E-state index in [4.69, 9.17) is 18.0 Å². The lowest BCUT2D eigenvalue weighted by Gasteiger charge is -2.44. The number of halogens is 4. The number of carboxylic acids is 1. The summed E-state index contributed by atoms with van der Waals surface area (Å²) < 4.78 is 41.5. The van der Waals surface area contributed by atoms with Gasteiger partial charge in [-0.2, -0.15) is 0 Å². The number of hydrogen-bond donors (Lipinski definition) is 1. The van der Waals surface area contributed by atoms with E-state index in [1.807, 2.05) is 36.3 Å². The summed E-state index contributed by atoms with van der Waals surface area (Å²) in [6.45, 7) is 0. The molecule has 0 atom stereocenters. The molecule has 0 unspecified atom stereocenters. The third-order valence-corrected chi connectivity index (χ3v) is 5.93. The van der Waals surface area contributed by atoms with Crippen LogP contribution in [0.1, 0.15) is 37.2 Å². The Hall–Kier alpha value is -3.18. The zero-order chi connectivity index (χ0) is 23.5. The molecule has 168 valence electrons. The Balaban J connectivity index is 1.97. The summed E-state index contributed by atoms with van der Waals surface area (Å²) >= 11 is 5.93. The van der Waals surface area contributed by atoms with Gasteiger partial charge in [0, 0.05) is 5.69 Å². The van der Waals surface area contributed by atoms with Crippen LogP contribution >= 0.6 is 11.6 Å². The van der Waals surface area contributed by atoms with Gasteiger partial charge in [0.15, 0.2) is 0 Å². The third-order valence-electron chi connectivity index (χ3n) is 5.64. The molecule has 1 fully saturated rings. The lowest BCUT2D eigenvalue weighted by Crippen LogP contribution is -2.59. The number of amides is 1. The maximum Gasteiger partial charge on any atom is 0.573 e. The number of ether oxygens (including phenoxy) is 1. The van der Waals surface area contributed by atoms with Crippen LogP contribution in [0.5, 0.6) is 5.75 Å². The second-order valence-corrected chi connectivity index (χ2v) is 7.88. The van der Waals surface area contributed by atoms with Gasteiger partial charge in [-0.15, -0.1) is 19.6 Å².